The molecule has 25 heavy (non-hydrogen) atoms. The number of nitrogens with zero attached hydrogens (tertiary/aromatic N) is 2. The van der Waals surface area contributed by atoms with Gasteiger partial charge in [0.25, 0.3) is 0 Å². The van der Waals surface area contributed by atoms with E-state index in [-0.39, 0.29) is 0 Å². The van der Waals surface area contributed by atoms with Crippen LogP contribution in [0.25, 0.3) is 33.8 Å². The molecule has 5 rings (SSSR count). The van der Waals surface area contributed by atoms with Gasteiger partial charge in [-0.15, -0.1) is 0 Å². The van der Waals surface area contributed by atoms with Crippen molar-refractivity contribution in [2.75, 3.05) is 0 Å². The lowest BCUT2D eigenvalue weighted by Crippen LogP contribution is -1.98. The molecule has 0 radical (unpaired) electrons. The van der Waals surface area contributed by atoms with Crippen LogP contribution in [0.4, 0.5) is 0 Å². The van der Waals surface area contributed by atoms with Crippen LogP contribution in [0.15, 0.2) is 84.9 Å². The van der Waals surface area contributed by atoms with Crippen molar-refractivity contribution in [1.29, 1.82) is 0 Å². The van der Waals surface area contributed by atoms with Crippen molar-refractivity contribution in [2.24, 2.45) is 0 Å². The van der Waals surface area contributed by atoms with Gasteiger partial charge >= 0.3 is 0 Å². The van der Waals surface area contributed by atoms with Crippen LogP contribution in [0.2, 0.25) is 0 Å². The van der Waals surface area contributed by atoms with Gasteiger partial charge in [0, 0.05) is 23.1 Å². The number of aromatic nitrogens is 2. The second kappa shape index (κ2) is 5.67. The van der Waals surface area contributed by atoms with Crippen molar-refractivity contribution in [2.45, 2.75) is 6.42 Å². The molecule has 1 aliphatic carbocycles. The zero-order valence-electron chi connectivity index (χ0n) is 13.7. The van der Waals surface area contributed by atoms with E-state index < -0.39 is 0 Å². The first kappa shape index (κ1) is 14.1. The molecule has 0 amide bonds. The highest BCUT2D eigenvalue weighted by atomic mass is 14.9. The Morgan fingerprint density at radius 3 is 2.00 bits per heavy atom. The van der Waals surface area contributed by atoms with Gasteiger partial charge in [0.2, 0.25) is 0 Å². The Morgan fingerprint density at radius 2 is 1.24 bits per heavy atom. The maximum absolute atomic E-state index is 4.97. The van der Waals surface area contributed by atoms with Crippen LogP contribution < -0.4 is 0 Å². The fourth-order valence-corrected chi connectivity index (χ4v) is 3.54. The monoisotopic (exact) mass is 320 g/mol. The minimum atomic E-state index is 0.797. The van der Waals surface area contributed by atoms with Crippen molar-refractivity contribution in [3.8, 4) is 33.8 Å². The highest BCUT2D eigenvalue weighted by Gasteiger charge is 2.25. The molecule has 0 aliphatic heterocycles. The van der Waals surface area contributed by atoms with Crippen LogP contribution in [0.3, 0.4) is 0 Å². The zero-order chi connectivity index (χ0) is 16.6. The van der Waals surface area contributed by atoms with Crippen molar-refractivity contribution >= 4 is 0 Å². The molecule has 1 aliphatic rings. The molecule has 0 atom stereocenters. The molecule has 2 nitrogen and oxygen atoms in total. The highest BCUT2D eigenvalue weighted by molar-refractivity contribution is 5.88. The van der Waals surface area contributed by atoms with Crippen molar-refractivity contribution in [3.05, 3.63) is 96.2 Å². The van der Waals surface area contributed by atoms with Crippen molar-refractivity contribution in [1.82, 2.24) is 9.97 Å². The Morgan fingerprint density at radius 1 is 0.600 bits per heavy atom. The standard InChI is InChI=1S/C23H16N2/c1-3-9-16(10-4-1)22-21-19-14-8-7-13-18(19)15-20(21)24-23(25-22)17-11-5-2-6-12-17/h1-14H,15H2. The van der Waals surface area contributed by atoms with E-state index in [1.807, 2.05) is 24.3 Å². The molecule has 0 N–H and O–H groups in total. The van der Waals surface area contributed by atoms with Crippen LogP contribution in [-0.2, 0) is 6.42 Å². The van der Waals surface area contributed by atoms with Crippen molar-refractivity contribution < 1.29 is 0 Å². The van der Waals surface area contributed by atoms with Crippen LogP contribution in [-0.4, -0.2) is 9.97 Å². The summed E-state index contributed by atoms with van der Waals surface area (Å²) in [6.07, 6.45) is 0.869. The van der Waals surface area contributed by atoms with E-state index in [4.69, 9.17) is 9.97 Å². The quantitative estimate of drug-likeness (QED) is 0.436. The summed E-state index contributed by atoms with van der Waals surface area (Å²) in [5, 5.41) is 0. The largest absolute Gasteiger partial charge is 0.232 e. The Bertz CT molecular complexity index is 1050. The SMILES string of the molecule is c1ccc(-c2nc3c(c(-c4ccccc4)n2)-c2ccccc2C3)cc1. The molecule has 4 aromatic rings. The predicted molar refractivity (Wildman–Crippen MR) is 101 cm³/mol. The maximum atomic E-state index is 4.97. The van der Waals surface area contributed by atoms with E-state index in [0.29, 0.717) is 0 Å². The van der Waals surface area contributed by atoms with Crippen LogP contribution in [0, 0.1) is 0 Å². The lowest BCUT2D eigenvalue weighted by Gasteiger charge is -2.11. The van der Waals surface area contributed by atoms with Gasteiger partial charge in [-0.3, -0.25) is 0 Å². The molecule has 0 spiro atoms. The molecule has 0 bridgehead atoms. The van der Waals surface area contributed by atoms with Crippen LogP contribution in [0.1, 0.15) is 11.3 Å². The van der Waals surface area contributed by atoms with Gasteiger partial charge in [0.1, 0.15) is 0 Å². The van der Waals surface area contributed by atoms with Gasteiger partial charge in [-0.1, -0.05) is 84.9 Å². The number of fused-ring (bicyclic) bond motifs is 3. The van der Waals surface area contributed by atoms with E-state index in [0.717, 1.165) is 34.8 Å². The van der Waals surface area contributed by atoms with Gasteiger partial charge in [0.05, 0.1) is 11.4 Å². The lowest BCUT2D eigenvalue weighted by molar-refractivity contribution is 1.08. The number of benzene rings is 3. The van der Waals surface area contributed by atoms with Gasteiger partial charge in [-0.2, -0.15) is 0 Å². The summed E-state index contributed by atoms with van der Waals surface area (Å²) in [7, 11) is 0. The molecule has 118 valence electrons. The second-order valence-corrected chi connectivity index (χ2v) is 6.28. The minimum absolute atomic E-state index is 0.797. The lowest BCUT2D eigenvalue weighted by atomic mass is 10.0. The Kier molecular flexibility index (Phi) is 3.20. The predicted octanol–water partition coefficient (Wildman–Crippen LogP) is 5.38. The number of hydrogen-bond donors (Lipinski definition) is 0. The summed E-state index contributed by atoms with van der Waals surface area (Å²) in [5.74, 6) is 0.797. The summed E-state index contributed by atoms with van der Waals surface area (Å²) in [5.41, 5.74) is 8.10. The third-order valence-electron chi connectivity index (χ3n) is 4.71. The average Bonchev–Trinajstić information content (AvgIpc) is 3.07. The third kappa shape index (κ3) is 2.34. The maximum Gasteiger partial charge on any atom is 0.160 e. The molecule has 0 saturated heterocycles. The van der Waals surface area contributed by atoms with E-state index in [1.54, 1.807) is 0 Å². The summed E-state index contributed by atoms with van der Waals surface area (Å²) < 4.78 is 0. The summed E-state index contributed by atoms with van der Waals surface area (Å²) in [6, 6.07) is 29.2. The molecule has 2 heteroatoms. The second-order valence-electron chi connectivity index (χ2n) is 6.28. The fraction of sp³-hybridized carbons (Fsp3) is 0.0435. The topological polar surface area (TPSA) is 25.8 Å². The van der Waals surface area contributed by atoms with Crippen LogP contribution in [0.5, 0.6) is 0 Å². The number of hydrogen-bond acceptors (Lipinski definition) is 2. The first-order chi connectivity index (χ1) is 12.4. The first-order valence-electron chi connectivity index (χ1n) is 8.50. The average molecular weight is 320 g/mol. The molecule has 1 aromatic heterocycles. The normalized spacial score (nSPS) is 11.8. The van der Waals surface area contributed by atoms with Crippen LogP contribution >= 0.6 is 0 Å². The van der Waals surface area contributed by atoms with Gasteiger partial charge < -0.3 is 0 Å². The Hall–Kier alpha value is -3.26. The van der Waals surface area contributed by atoms with Gasteiger partial charge in [-0.25, -0.2) is 9.97 Å². The van der Waals surface area contributed by atoms with E-state index in [9.17, 15) is 0 Å². The fourth-order valence-electron chi connectivity index (χ4n) is 3.54. The first-order valence-corrected chi connectivity index (χ1v) is 8.50. The molecular formula is C23H16N2. The Balaban J connectivity index is 1.80. The summed E-state index contributed by atoms with van der Waals surface area (Å²) in [6.45, 7) is 0. The van der Waals surface area contributed by atoms with Gasteiger partial charge in [0.15, 0.2) is 5.82 Å². The Labute approximate surface area is 146 Å². The zero-order valence-corrected chi connectivity index (χ0v) is 13.7. The van der Waals surface area contributed by atoms with E-state index in [2.05, 4.69) is 60.7 Å². The van der Waals surface area contributed by atoms with Gasteiger partial charge in [-0.05, 0) is 11.1 Å². The summed E-state index contributed by atoms with van der Waals surface area (Å²) >= 11 is 0. The highest BCUT2D eigenvalue weighted by Crippen LogP contribution is 2.42. The molecule has 1 heterocycles. The summed E-state index contributed by atoms with van der Waals surface area (Å²) in [4.78, 5) is 9.89. The molecule has 0 saturated carbocycles. The van der Waals surface area contributed by atoms with E-state index >= 15 is 0 Å². The third-order valence-corrected chi connectivity index (χ3v) is 4.71. The smallest absolute Gasteiger partial charge is 0.160 e. The molecular weight excluding hydrogens is 304 g/mol. The molecule has 3 aromatic carbocycles. The van der Waals surface area contributed by atoms with E-state index in [1.165, 1.54) is 16.7 Å². The van der Waals surface area contributed by atoms with Crippen molar-refractivity contribution in [3.63, 3.8) is 0 Å². The molecule has 0 unspecified atom stereocenters. The number of rotatable bonds is 2. The minimum Gasteiger partial charge on any atom is -0.232 e. The molecule has 0 fully saturated rings.